The molecule has 0 aliphatic heterocycles. The van der Waals surface area contributed by atoms with Crippen LogP contribution < -0.4 is 15.4 Å². The second-order valence-electron chi connectivity index (χ2n) is 4.13. The van der Waals surface area contributed by atoms with Crippen LogP contribution in [0.3, 0.4) is 0 Å². The van der Waals surface area contributed by atoms with Crippen LogP contribution in [0.25, 0.3) is 0 Å². The number of carbonyl (C=O) groups excluding carboxylic acids is 1. The Hall–Kier alpha value is -2.08. The van der Waals surface area contributed by atoms with Gasteiger partial charge in [-0.2, -0.15) is 0 Å². The van der Waals surface area contributed by atoms with E-state index in [0.717, 1.165) is 23.0 Å². The van der Waals surface area contributed by atoms with Gasteiger partial charge in [-0.05, 0) is 24.3 Å². The van der Waals surface area contributed by atoms with E-state index in [9.17, 15) is 4.79 Å². The van der Waals surface area contributed by atoms with Gasteiger partial charge in [0.15, 0.2) is 5.13 Å². The number of benzene rings is 1. The fourth-order valence-corrected chi connectivity index (χ4v) is 2.39. The molecule has 0 aliphatic carbocycles. The summed E-state index contributed by atoms with van der Waals surface area (Å²) < 4.78 is 5.06. The maximum absolute atomic E-state index is 11.9. The number of hydrogen-bond acceptors (Lipinski definition) is 5. The number of aromatic nitrogens is 1. The topological polar surface area (TPSA) is 63.2 Å². The zero-order valence-electron chi connectivity index (χ0n) is 11.5. The summed E-state index contributed by atoms with van der Waals surface area (Å²) in [6.07, 6.45) is 0.722. The minimum Gasteiger partial charge on any atom is -0.497 e. The first-order chi connectivity index (χ1) is 9.72. The van der Waals surface area contributed by atoms with E-state index in [-0.39, 0.29) is 5.91 Å². The van der Waals surface area contributed by atoms with Gasteiger partial charge in [-0.15, -0.1) is 11.3 Å². The van der Waals surface area contributed by atoms with Crippen molar-refractivity contribution < 1.29 is 9.53 Å². The van der Waals surface area contributed by atoms with E-state index in [2.05, 4.69) is 15.6 Å². The highest BCUT2D eigenvalue weighted by atomic mass is 32.1. The van der Waals surface area contributed by atoms with E-state index in [4.69, 9.17) is 4.74 Å². The largest absolute Gasteiger partial charge is 0.497 e. The van der Waals surface area contributed by atoms with Gasteiger partial charge in [0.05, 0.1) is 12.8 Å². The maximum Gasteiger partial charge on any atom is 0.251 e. The van der Waals surface area contributed by atoms with E-state index in [1.54, 1.807) is 42.7 Å². The summed E-state index contributed by atoms with van der Waals surface area (Å²) in [6, 6.07) is 7.04. The highest BCUT2D eigenvalue weighted by Gasteiger charge is 2.06. The smallest absolute Gasteiger partial charge is 0.251 e. The summed E-state index contributed by atoms with van der Waals surface area (Å²) >= 11 is 1.56. The summed E-state index contributed by atoms with van der Waals surface area (Å²) in [7, 11) is 3.44. The molecule has 5 nitrogen and oxygen atoms in total. The molecule has 2 rings (SSSR count). The third-order valence-corrected chi connectivity index (χ3v) is 3.69. The van der Waals surface area contributed by atoms with Crippen molar-refractivity contribution in [2.45, 2.75) is 6.42 Å². The first-order valence-electron chi connectivity index (χ1n) is 6.27. The molecule has 1 heterocycles. The molecule has 0 radical (unpaired) electrons. The molecule has 0 unspecified atom stereocenters. The van der Waals surface area contributed by atoms with Gasteiger partial charge in [-0.3, -0.25) is 4.79 Å². The minimum absolute atomic E-state index is 0.0864. The Kier molecular flexibility index (Phi) is 4.95. The molecule has 0 atom stereocenters. The lowest BCUT2D eigenvalue weighted by molar-refractivity contribution is 0.0954. The van der Waals surface area contributed by atoms with Gasteiger partial charge in [0.1, 0.15) is 5.75 Å². The van der Waals surface area contributed by atoms with E-state index in [1.807, 2.05) is 12.4 Å². The van der Waals surface area contributed by atoms with Crippen LogP contribution in [0.1, 0.15) is 16.1 Å². The molecule has 6 heteroatoms. The lowest BCUT2D eigenvalue weighted by Gasteiger charge is -2.05. The highest BCUT2D eigenvalue weighted by molar-refractivity contribution is 7.13. The molecule has 0 spiro atoms. The number of methoxy groups -OCH3 is 1. The van der Waals surface area contributed by atoms with Crippen LogP contribution in [0.15, 0.2) is 29.6 Å². The third-order valence-electron chi connectivity index (χ3n) is 2.78. The Bertz CT molecular complexity index is 566. The summed E-state index contributed by atoms with van der Waals surface area (Å²) in [5, 5.41) is 8.75. The molecular formula is C14H17N3O2S. The van der Waals surface area contributed by atoms with Crippen LogP contribution in [0.4, 0.5) is 5.13 Å². The SMILES string of the molecule is CNc1nc(CCNC(=O)c2ccc(OC)cc2)cs1. The van der Waals surface area contributed by atoms with Crippen LogP contribution in [0.2, 0.25) is 0 Å². The zero-order valence-corrected chi connectivity index (χ0v) is 12.3. The van der Waals surface area contributed by atoms with Gasteiger partial charge in [0.2, 0.25) is 0 Å². The normalized spacial score (nSPS) is 10.1. The molecule has 0 aliphatic rings. The Balaban J connectivity index is 1.82. The molecule has 106 valence electrons. The van der Waals surface area contributed by atoms with Gasteiger partial charge in [0.25, 0.3) is 5.91 Å². The number of anilines is 1. The fourth-order valence-electron chi connectivity index (χ4n) is 1.69. The first kappa shape index (κ1) is 14.3. The maximum atomic E-state index is 11.9. The average Bonchev–Trinajstić information content (AvgIpc) is 2.95. The van der Waals surface area contributed by atoms with Gasteiger partial charge in [-0.25, -0.2) is 4.98 Å². The van der Waals surface area contributed by atoms with Crippen molar-refractivity contribution in [3.8, 4) is 5.75 Å². The molecule has 0 saturated carbocycles. The summed E-state index contributed by atoms with van der Waals surface area (Å²) in [5.74, 6) is 0.653. The summed E-state index contributed by atoms with van der Waals surface area (Å²) in [6.45, 7) is 0.567. The minimum atomic E-state index is -0.0864. The van der Waals surface area contributed by atoms with Crippen LogP contribution in [0, 0.1) is 0 Å². The standard InChI is InChI=1S/C14H17N3O2S/c1-15-14-17-11(9-20-14)7-8-16-13(18)10-3-5-12(19-2)6-4-10/h3-6,9H,7-8H2,1-2H3,(H,15,17)(H,16,18). The number of amides is 1. The van der Waals surface area contributed by atoms with Crippen LogP contribution in [-0.2, 0) is 6.42 Å². The Morgan fingerprint density at radius 2 is 2.10 bits per heavy atom. The number of carbonyl (C=O) groups is 1. The monoisotopic (exact) mass is 291 g/mol. The second kappa shape index (κ2) is 6.91. The lowest BCUT2D eigenvalue weighted by Crippen LogP contribution is -2.25. The second-order valence-corrected chi connectivity index (χ2v) is 4.99. The molecule has 0 bridgehead atoms. The van der Waals surface area contributed by atoms with Gasteiger partial charge < -0.3 is 15.4 Å². The van der Waals surface area contributed by atoms with E-state index >= 15 is 0 Å². The summed E-state index contributed by atoms with van der Waals surface area (Å²) in [5.41, 5.74) is 1.61. The molecular weight excluding hydrogens is 274 g/mol. The van der Waals surface area contributed by atoms with Crippen LogP contribution >= 0.6 is 11.3 Å². The van der Waals surface area contributed by atoms with Gasteiger partial charge >= 0.3 is 0 Å². The van der Waals surface area contributed by atoms with Gasteiger partial charge in [-0.1, -0.05) is 0 Å². The molecule has 2 aromatic rings. The van der Waals surface area contributed by atoms with Crippen molar-refractivity contribution in [2.24, 2.45) is 0 Å². The van der Waals surface area contributed by atoms with Gasteiger partial charge in [0, 0.05) is 31.0 Å². The number of hydrogen-bond donors (Lipinski definition) is 2. The Morgan fingerprint density at radius 1 is 1.35 bits per heavy atom. The van der Waals surface area contributed by atoms with Crippen molar-refractivity contribution in [1.29, 1.82) is 0 Å². The molecule has 1 aromatic heterocycles. The molecule has 1 aromatic carbocycles. The van der Waals surface area contributed by atoms with Crippen molar-refractivity contribution in [2.75, 3.05) is 26.0 Å². The van der Waals surface area contributed by atoms with Crippen molar-refractivity contribution in [3.63, 3.8) is 0 Å². The highest BCUT2D eigenvalue weighted by Crippen LogP contribution is 2.14. The van der Waals surface area contributed by atoms with E-state index in [0.29, 0.717) is 12.1 Å². The molecule has 0 saturated heterocycles. The Labute approximate surface area is 122 Å². The summed E-state index contributed by atoms with van der Waals surface area (Å²) in [4.78, 5) is 16.3. The third kappa shape index (κ3) is 3.71. The first-order valence-corrected chi connectivity index (χ1v) is 7.15. The zero-order chi connectivity index (χ0) is 14.4. The predicted molar refractivity (Wildman–Crippen MR) is 80.7 cm³/mol. The Morgan fingerprint density at radius 3 is 2.70 bits per heavy atom. The van der Waals surface area contributed by atoms with Crippen LogP contribution in [-0.4, -0.2) is 31.6 Å². The molecule has 20 heavy (non-hydrogen) atoms. The molecule has 0 fully saturated rings. The molecule has 2 N–H and O–H groups in total. The van der Waals surface area contributed by atoms with Crippen LogP contribution in [0.5, 0.6) is 5.75 Å². The lowest BCUT2D eigenvalue weighted by atomic mass is 10.2. The predicted octanol–water partition coefficient (Wildman–Crippen LogP) is 2.17. The number of ether oxygens (including phenoxy) is 1. The number of nitrogens with zero attached hydrogens (tertiary/aromatic N) is 1. The van der Waals surface area contributed by atoms with Crippen molar-refractivity contribution in [1.82, 2.24) is 10.3 Å². The quantitative estimate of drug-likeness (QED) is 0.856. The van der Waals surface area contributed by atoms with Crippen molar-refractivity contribution in [3.05, 3.63) is 40.9 Å². The fraction of sp³-hybridized carbons (Fsp3) is 0.286. The van der Waals surface area contributed by atoms with Crippen molar-refractivity contribution >= 4 is 22.4 Å². The van der Waals surface area contributed by atoms with E-state index < -0.39 is 0 Å². The number of thiazole rings is 1. The number of nitrogens with one attached hydrogen (secondary N) is 2. The van der Waals surface area contributed by atoms with E-state index in [1.165, 1.54) is 0 Å². The molecule has 1 amide bonds. The average molecular weight is 291 g/mol. The number of rotatable bonds is 6.